The number of hydrogen-bond donors (Lipinski definition) is 4. The summed E-state index contributed by atoms with van der Waals surface area (Å²) in [6.07, 6.45) is 1.49. The first kappa shape index (κ1) is 23.1. The van der Waals surface area contributed by atoms with Crippen LogP contribution in [0.1, 0.15) is 13.8 Å². The maximum absolute atomic E-state index is 14.5. The number of methoxy groups -OCH3 is 1. The van der Waals surface area contributed by atoms with Crippen molar-refractivity contribution in [2.45, 2.75) is 13.8 Å². The van der Waals surface area contributed by atoms with E-state index < -0.39 is 0 Å². The largest absolute Gasteiger partial charge is 0.474 e. The van der Waals surface area contributed by atoms with Gasteiger partial charge in [-0.3, -0.25) is 9.79 Å². The molecule has 27 heavy (non-hydrogen) atoms. The highest BCUT2D eigenvalue weighted by Gasteiger charge is 2.17. The van der Waals surface area contributed by atoms with Crippen LogP contribution < -0.4 is 26.8 Å². The van der Waals surface area contributed by atoms with Gasteiger partial charge in [0.25, 0.3) is 5.17 Å². The van der Waals surface area contributed by atoms with Crippen molar-refractivity contribution in [3.05, 3.63) is 35.9 Å². The molecule has 0 amide bonds. The van der Waals surface area contributed by atoms with Crippen LogP contribution in [0.5, 0.6) is 0 Å². The van der Waals surface area contributed by atoms with Crippen molar-refractivity contribution in [1.82, 2.24) is 5.32 Å². The normalized spacial score (nSPS) is 14.9. The van der Waals surface area contributed by atoms with E-state index in [1.807, 2.05) is 18.7 Å². The lowest BCUT2D eigenvalue weighted by atomic mass is 10.2. The summed E-state index contributed by atoms with van der Waals surface area (Å²) in [5, 5.41) is 4.28. The minimum absolute atomic E-state index is 0.229. The third-order valence-electron chi connectivity index (χ3n) is 3.71. The van der Waals surface area contributed by atoms with E-state index >= 15 is 0 Å². The number of nitrogens with two attached hydrogens (primary N) is 2. The van der Waals surface area contributed by atoms with Gasteiger partial charge in [-0.15, -0.1) is 10.7 Å². The molecular formula is C17H29FN6OS2. The number of thiocarbonyl (C=S) groups is 1. The van der Waals surface area contributed by atoms with Crippen LogP contribution >= 0.6 is 12.2 Å². The monoisotopic (exact) mass is 416 g/mol. The number of ether oxygens (including phenoxy) is 1. The standard InChI is InChI=1S/C15H23FN6OS2.C2H6/c1-23-15(24)20-9-11(17)10-22(18)12-2-3-14(13(16)8-12)21-4-6-25(19)7-5-21;1-2/h2-3,8,10,19H,4-7,9,17-18H2,1H3,(H,20,24);1-2H3/b11-10-;. The van der Waals surface area contributed by atoms with Crippen LogP contribution in [0.3, 0.4) is 0 Å². The predicted molar refractivity (Wildman–Crippen MR) is 116 cm³/mol. The average Bonchev–Trinajstić information content (AvgIpc) is 2.68. The fourth-order valence-electron chi connectivity index (χ4n) is 2.35. The van der Waals surface area contributed by atoms with Crippen molar-refractivity contribution >= 4 is 39.5 Å². The molecule has 1 heterocycles. The lowest BCUT2D eigenvalue weighted by Gasteiger charge is -2.30. The molecule has 1 aromatic rings. The van der Waals surface area contributed by atoms with Gasteiger partial charge in [0.05, 0.1) is 25.0 Å². The lowest BCUT2D eigenvalue weighted by molar-refractivity contribution is 0.395. The van der Waals surface area contributed by atoms with Gasteiger partial charge in [0.15, 0.2) is 0 Å². The number of rotatable bonds is 5. The third kappa shape index (κ3) is 7.31. The van der Waals surface area contributed by atoms with E-state index in [0.717, 1.165) is 11.5 Å². The maximum atomic E-state index is 14.5. The number of hydrogen-bond acceptors (Lipinski definition) is 7. The minimum atomic E-state index is -0.342. The van der Waals surface area contributed by atoms with E-state index in [1.54, 1.807) is 12.1 Å². The van der Waals surface area contributed by atoms with E-state index in [-0.39, 0.29) is 28.2 Å². The van der Waals surface area contributed by atoms with Gasteiger partial charge in [-0.1, -0.05) is 13.8 Å². The van der Waals surface area contributed by atoms with Gasteiger partial charge in [-0.05, 0) is 24.4 Å². The Hall–Kier alpha value is -1.91. The molecule has 0 aliphatic carbocycles. The number of anilines is 2. The van der Waals surface area contributed by atoms with Crippen molar-refractivity contribution in [3.8, 4) is 0 Å². The Balaban J connectivity index is 0.00000176. The van der Waals surface area contributed by atoms with Gasteiger partial charge in [-0.25, -0.2) is 10.2 Å². The van der Waals surface area contributed by atoms with Crippen molar-refractivity contribution < 1.29 is 9.13 Å². The average molecular weight is 417 g/mol. The zero-order chi connectivity index (χ0) is 20.4. The topological polar surface area (TPSA) is 104 Å². The van der Waals surface area contributed by atoms with Crippen LogP contribution in [-0.2, 0) is 15.4 Å². The molecule has 0 atom stereocenters. The molecule has 7 nitrogen and oxygen atoms in total. The molecule has 1 fully saturated rings. The van der Waals surface area contributed by atoms with Gasteiger partial charge in [0, 0.05) is 42.6 Å². The van der Waals surface area contributed by atoms with E-state index in [1.165, 1.54) is 24.4 Å². The molecule has 152 valence electrons. The quantitative estimate of drug-likeness (QED) is 0.331. The molecule has 0 unspecified atom stereocenters. The first-order chi connectivity index (χ1) is 12.9. The molecule has 0 bridgehead atoms. The summed E-state index contributed by atoms with van der Waals surface area (Å²) in [7, 11) is 1.16. The zero-order valence-corrected chi connectivity index (χ0v) is 17.6. The van der Waals surface area contributed by atoms with E-state index in [4.69, 9.17) is 33.3 Å². The molecule has 0 saturated carbocycles. The van der Waals surface area contributed by atoms with E-state index in [2.05, 4.69) is 5.32 Å². The molecule has 2 rings (SSSR count). The molecular weight excluding hydrogens is 387 g/mol. The van der Waals surface area contributed by atoms with Crippen molar-refractivity contribution in [3.63, 3.8) is 0 Å². The Bertz CT molecular complexity index is 675. The lowest BCUT2D eigenvalue weighted by Crippen LogP contribution is -2.38. The van der Waals surface area contributed by atoms with Crippen LogP contribution in [0.4, 0.5) is 15.8 Å². The molecule has 0 spiro atoms. The van der Waals surface area contributed by atoms with Gasteiger partial charge >= 0.3 is 0 Å². The Kier molecular flexibility index (Phi) is 10.0. The fourth-order valence-corrected chi connectivity index (χ4v) is 3.51. The number of benzene rings is 1. The molecule has 1 aliphatic heterocycles. The van der Waals surface area contributed by atoms with Crippen molar-refractivity contribution in [2.75, 3.05) is 48.2 Å². The molecule has 1 aromatic carbocycles. The first-order valence-corrected chi connectivity index (χ1v) is 10.6. The Morgan fingerprint density at radius 3 is 2.63 bits per heavy atom. The molecule has 1 saturated heterocycles. The number of halogens is 1. The maximum Gasteiger partial charge on any atom is 0.256 e. The van der Waals surface area contributed by atoms with Crippen LogP contribution in [0.2, 0.25) is 0 Å². The molecule has 0 radical (unpaired) electrons. The number of hydrazine groups is 1. The highest BCUT2D eigenvalue weighted by Crippen LogP contribution is 2.25. The van der Waals surface area contributed by atoms with Gasteiger partial charge in [0.1, 0.15) is 5.82 Å². The Labute approximate surface area is 168 Å². The van der Waals surface area contributed by atoms with Crippen molar-refractivity contribution in [2.24, 2.45) is 11.6 Å². The van der Waals surface area contributed by atoms with Crippen LogP contribution in [0, 0.1) is 10.6 Å². The van der Waals surface area contributed by atoms with E-state index in [9.17, 15) is 4.39 Å². The number of nitrogens with zero attached hydrogens (tertiary/aromatic N) is 2. The predicted octanol–water partition coefficient (Wildman–Crippen LogP) is 2.05. The second-order valence-electron chi connectivity index (χ2n) is 5.48. The molecule has 0 aromatic heterocycles. The summed E-state index contributed by atoms with van der Waals surface area (Å²) >= 11 is 4.86. The summed E-state index contributed by atoms with van der Waals surface area (Å²) in [6, 6.07) is 4.83. The molecule has 10 heteroatoms. The van der Waals surface area contributed by atoms with Gasteiger partial charge in [-0.2, -0.15) is 0 Å². The SMILES string of the molecule is CC.COC(=S)NC/C(N)=C/N(N)c1ccc(N2CCS(=N)CC2)c(F)c1. The summed E-state index contributed by atoms with van der Waals surface area (Å²) in [4.78, 5) is 1.97. The summed E-state index contributed by atoms with van der Waals surface area (Å²) in [5.41, 5.74) is 7.30. The highest BCUT2D eigenvalue weighted by molar-refractivity contribution is 7.86. The van der Waals surface area contributed by atoms with Crippen LogP contribution in [0.15, 0.2) is 30.1 Å². The number of nitrogens with one attached hydrogen (secondary N) is 2. The van der Waals surface area contributed by atoms with Gasteiger partial charge < -0.3 is 20.7 Å². The highest BCUT2D eigenvalue weighted by atomic mass is 32.2. The molecule has 6 N–H and O–H groups in total. The smallest absolute Gasteiger partial charge is 0.256 e. The molecule has 1 aliphatic rings. The zero-order valence-electron chi connectivity index (χ0n) is 16.0. The van der Waals surface area contributed by atoms with Crippen molar-refractivity contribution in [1.29, 1.82) is 4.78 Å². The Morgan fingerprint density at radius 1 is 1.44 bits per heavy atom. The Morgan fingerprint density at radius 2 is 2.07 bits per heavy atom. The van der Waals surface area contributed by atoms with Crippen LogP contribution in [0.25, 0.3) is 0 Å². The van der Waals surface area contributed by atoms with E-state index in [0.29, 0.717) is 30.2 Å². The minimum Gasteiger partial charge on any atom is -0.474 e. The first-order valence-electron chi connectivity index (χ1n) is 8.66. The summed E-state index contributed by atoms with van der Waals surface area (Å²) in [6.45, 7) is 5.67. The second-order valence-corrected chi connectivity index (χ2v) is 7.65. The third-order valence-corrected chi connectivity index (χ3v) is 5.37. The fraction of sp³-hybridized carbons (Fsp3) is 0.471. The summed E-state index contributed by atoms with van der Waals surface area (Å²) < 4.78 is 27.0. The second kappa shape index (κ2) is 11.7. The summed E-state index contributed by atoms with van der Waals surface area (Å²) in [5.74, 6) is 7.14. The van der Waals surface area contributed by atoms with Gasteiger partial charge in [0.2, 0.25) is 0 Å². The van der Waals surface area contributed by atoms with Crippen LogP contribution in [-0.4, -0.2) is 43.4 Å².